The molecule has 3 rings (SSSR count). The van der Waals surface area contributed by atoms with Gasteiger partial charge in [-0.25, -0.2) is 0 Å². The number of ether oxygens (including phenoxy) is 2. The molecule has 0 aliphatic carbocycles. The monoisotopic (exact) mass is 466 g/mol. The van der Waals surface area contributed by atoms with Crippen LogP contribution in [0.5, 0.6) is 11.5 Å². The molecule has 1 saturated heterocycles. The lowest BCUT2D eigenvalue weighted by Gasteiger charge is -2.28. The van der Waals surface area contributed by atoms with Gasteiger partial charge in [-0.3, -0.25) is 14.4 Å². The van der Waals surface area contributed by atoms with Gasteiger partial charge in [0, 0.05) is 20.0 Å². The Morgan fingerprint density at radius 1 is 1.06 bits per heavy atom. The van der Waals surface area contributed by atoms with Gasteiger partial charge in [-0.2, -0.15) is 0 Å². The summed E-state index contributed by atoms with van der Waals surface area (Å²) in [4.78, 5) is 41.2. The molecule has 1 aliphatic rings. The maximum absolute atomic E-state index is 13.2. The fourth-order valence-corrected chi connectivity index (χ4v) is 4.12. The number of esters is 1. The van der Waals surface area contributed by atoms with Crippen LogP contribution in [0.2, 0.25) is 0 Å². The Morgan fingerprint density at radius 3 is 2.29 bits per heavy atom. The molecular formula is C26H30N2O6. The molecule has 0 radical (unpaired) electrons. The third kappa shape index (κ3) is 5.12. The molecule has 1 heterocycles. The molecule has 8 nitrogen and oxygen atoms in total. The summed E-state index contributed by atoms with van der Waals surface area (Å²) in [6.07, 6.45) is 0. The summed E-state index contributed by atoms with van der Waals surface area (Å²) in [6.45, 7) is 7.88. The van der Waals surface area contributed by atoms with Crippen molar-refractivity contribution in [1.29, 1.82) is 0 Å². The summed E-state index contributed by atoms with van der Waals surface area (Å²) in [5.41, 5.74) is 0.939. The largest absolute Gasteiger partial charge is 0.507 e. The number of carbonyl (C=O) groups excluding carboxylic acids is 3. The van der Waals surface area contributed by atoms with Crippen LogP contribution < -0.4 is 9.47 Å². The SMILES string of the molecule is CCN(CC)CCN1C(=O)C(=O)/C(=C(\O)c2ccccc2OC)C1c1ccc(OC(C)=O)cc1. The number of ketones is 1. The van der Waals surface area contributed by atoms with Crippen molar-refractivity contribution in [3.8, 4) is 11.5 Å². The first kappa shape index (κ1) is 25.0. The van der Waals surface area contributed by atoms with Crippen molar-refractivity contribution in [1.82, 2.24) is 9.80 Å². The number of para-hydroxylation sites is 1. The maximum Gasteiger partial charge on any atom is 0.308 e. The molecule has 0 spiro atoms. The van der Waals surface area contributed by atoms with E-state index in [-0.39, 0.29) is 11.3 Å². The third-order valence-corrected chi connectivity index (χ3v) is 5.91. The molecule has 2 aromatic rings. The summed E-state index contributed by atoms with van der Waals surface area (Å²) in [7, 11) is 1.47. The standard InChI is InChI=1S/C26H30N2O6/c1-5-27(6-2)15-16-28-23(18-11-13-19(14-12-18)34-17(3)29)22(25(31)26(28)32)24(30)20-9-7-8-10-21(20)33-4/h7-14,23,30H,5-6,15-16H2,1-4H3/b24-22-. The first-order valence-electron chi connectivity index (χ1n) is 11.2. The minimum Gasteiger partial charge on any atom is -0.507 e. The van der Waals surface area contributed by atoms with E-state index in [1.807, 2.05) is 13.8 Å². The van der Waals surface area contributed by atoms with Gasteiger partial charge in [0.05, 0.1) is 24.3 Å². The van der Waals surface area contributed by atoms with E-state index in [4.69, 9.17) is 9.47 Å². The number of likely N-dealkylation sites (tertiary alicyclic amines) is 1. The number of methoxy groups -OCH3 is 1. The predicted molar refractivity (Wildman–Crippen MR) is 128 cm³/mol. The summed E-state index contributed by atoms with van der Waals surface area (Å²) in [5, 5.41) is 11.2. The lowest BCUT2D eigenvalue weighted by molar-refractivity contribution is -0.140. The minimum absolute atomic E-state index is 0.00529. The molecular weight excluding hydrogens is 436 g/mol. The number of aliphatic hydroxyl groups is 1. The van der Waals surface area contributed by atoms with Crippen LogP contribution >= 0.6 is 0 Å². The van der Waals surface area contributed by atoms with Crippen molar-refractivity contribution in [2.75, 3.05) is 33.3 Å². The number of benzene rings is 2. The Hall–Kier alpha value is -3.65. The average Bonchev–Trinajstić information content (AvgIpc) is 3.09. The van der Waals surface area contributed by atoms with Gasteiger partial charge >= 0.3 is 5.97 Å². The number of amides is 1. The van der Waals surface area contributed by atoms with E-state index in [9.17, 15) is 19.5 Å². The summed E-state index contributed by atoms with van der Waals surface area (Å²) in [5.74, 6) is -1.43. The molecule has 2 aromatic carbocycles. The van der Waals surface area contributed by atoms with Gasteiger partial charge in [0.2, 0.25) is 0 Å². The number of carbonyl (C=O) groups is 3. The van der Waals surface area contributed by atoms with Gasteiger partial charge in [-0.1, -0.05) is 38.1 Å². The van der Waals surface area contributed by atoms with Crippen molar-refractivity contribution in [3.63, 3.8) is 0 Å². The highest BCUT2D eigenvalue weighted by atomic mass is 16.5. The molecule has 8 heteroatoms. The molecule has 180 valence electrons. The van der Waals surface area contributed by atoms with E-state index in [0.717, 1.165) is 13.1 Å². The Labute approximate surface area is 199 Å². The van der Waals surface area contributed by atoms with Crippen molar-refractivity contribution >= 4 is 23.4 Å². The van der Waals surface area contributed by atoms with Gasteiger partial charge < -0.3 is 24.4 Å². The topological polar surface area (TPSA) is 96.4 Å². The van der Waals surface area contributed by atoms with Crippen LogP contribution in [0.1, 0.15) is 37.9 Å². The van der Waals surface area contributed by atoms with Gasteiger partial charge in [0.25, 0.3) is 11.7 Å². The third-order valence-electron chi connectivity index (χ3n) is 5.91. The predicted octanol–water partition coefficient (Wildman–Crippen LogP) is 3.38. The van der Waals surface area contributed by atoms with Gasteiger partial charge in [-0.05, 0) is 42.9 Å². The number of rotatable bonds is 9. The normalized spacial score (nSPS) is 17.3. The molecule has 0 saturated carbocycles. The highest BCUT2D eigenvalue weighted by Gasteiger charge is 2.46. The van der Waals surface area contributed by atoms with Crippen LogP contribution in [-0.4, -0.2) is 65.9 Å². The fraction of sp³-hybridized carbons (Fsp3) is 0.346. The lowest BCUT2D eigenvalue weighted by atomic mass is 9.95. The number of likely N-dealkylation sites (N-methyl/N-ethyl adjacent to an activating group) is 1. The zero-order valence-electron chi connectivity index (χ0n) is 19.9. The Kier molecular flexibility index (Phi) is 8.07. The first-order chi connectivity index (χ1) is 16.3. The highest BCUT2D eigenvalue weighted by molar-refractivity contribution is 6.46. The van der Waals surface area contributed by atoms with Crippen LogP contribution in [0.25, 0.3) is 5.76 Å². The number of aliphatic hydroxyl groups excluding tert-OH is 1. The summed E-state index contributed by atoms with van der Waals surface area (Å²) < 4.78 is 10.5. The Bertz CT molecular complexity index is 1090. The Balaban J connectivity index is 2.11. The second kappa shape index (κ2) is 11.0. The lowest BCUT2D eigenvalue weighted by Crippen LogP contribution is -2.38. The number of hydrogen-bond acceptors (Lipinski definition) is 7. The van der Waals surface area contributed by atoms with E-state index >= 15 is 0 Å². The second-order valence-electron chi connectivity index (χ2n) is 7.88. The fourth-order valence-electron chi connectivity index (χ4n) is 4.12. The molecule has 0 aromatic heterocycles. The van der Waals surface area contributed by atoms with E-state index < -0.39 is 23.7 Å². The van der Waals surface area contributed by atoms with Gasteiger partial charge in [-0.15, -0.1) is 0 Å². The van der Waals surface area contributed by atoms with E-state index in [0.29, 0.717) is 35.7 Å². The molecule has 1 atom stereocenters. The molecule has 1 N–H and O–H groups in total. The molecule has 1 aliphatic heterocycles. The number of nitrogens with zero attached hydrogens (tertiary/aromatic N) is 2. The summed E-state index contributed by atoms with van der Waals surface area (Å²) in [6, 6.07) is 12.6. The quantitative estimate of drug-likeness (QED) is 0.199. The van der Waals surface area contributed by atoms with Crippen LogP contribution in [0.3, 0.4) is 0 Å². The van der Waals surface area contributed by atoms with E-state index in [2.05, 4.69) is 4.90 Å². The van der Waals surface area contributed by atoms with Crippen molar-refractivity contribution in [3.05, 3.63) is 65.2 Å². The zero-order valence-corrected chi connectivity index (χ0v) is 19.9. The molecule has 34 heavy (non-hydrogen) atoms. The first-order valence-corrected chi connectivity index (χ1v) is 11.2. The van der Waals surface area contributed by atoms with Crippen molar-refractivity contribution < 1.29 is 29.0 Å². The maximum atomic E-state index is 13.2. The molecule has 1 unspecified atom stereocenters. The van der Waals surface area contributed by atoms with Crippen LogP contribution in [0, 0.1) is 0 Å². The highest BCUT2D eigenvalue weighted by Crippen LogP contribution is 2.41. The zero-order chi connectivity index (χ0) is 24.8. The van der Waals surface area contributed by atoms with Crippen LogP contribution in [0.4, 0.5) is 0 Å². The number of hydrogen-bond donors (Lipinski definition) is 1. The molecule has 1 fully saturated rings. The van der Waals surface area contributed by atoms with Gasteiger partial charge in [0.15, 0.2) is 0 Å². The molecule has 0 bridgehead atoms. The molecule has 1 amide bonds. The average molecular weight is 467 g/mol. The van der Waals surface area contributed by atoms with Crippen molar-refractivity contribution in [2.24, 2.45) is 0 Å². The van der Waals surface area contributed by atoms with E-state index in [1.165, 1.54) is 18.9 Å². The second-order valence-corrected chi connectivity index (χ2v) is 7.88. The smallest absolute Gasteiger partial charge is 0.308 e. The number of Topliss-reactive ketones (excluding diaryl/α,β-unsaturated/α-hetero) is 1. The summed E-state index contributed by atoms with van der Waals surface area (Å²) >= 11 is 0. The van der Waals surface area contributed by atoms with Crippen LogP contribution in [0.15, 0.2) is 54.1 Å². The van der Waals surface area contributed by atoms with Gasteiger partial charge in [0.1, 0.15) is 17.3 Å². The Morgan fingerprint density at radius 2 is 1.71 bits per heavy atom. The minimum atomic E-state index is -0.799. The van der Waals surface area contributed by atoms with Crippen molar-refractivity contribution in [2.45, 2.75) is 26.8 Å². The van der Waals surface area contributed by atoms with E-state index in [1.54, 1.807) is 48.5 Å². The van der Waals surface area contributed by atoms with Crippen LogP contribution in [-0.2, 0) is 14.4 Å².